The molecule has 124 valence electrons. The highest BCUT2D eigenvalue weighted by molar-refractivity contribution is 6.48. The van der Waals surface area contributed by atoms with Gasteiger partial charge in [-0.25, -0.2) is 0 Å². The van der Waals surface area contributed by atoms with E-state index in [2.05, 4.69) is 6.92 Å². The van der Waals surface area contributed by atoms with Crippen LogP contribution in [0.3, 0.4) is 0 Å². The Balaban J connectivity index is 1.92. The van der Waals surface area contributed by atoms with Crippen molar-refractivity contribution in [3.05, 3.63) is 34.9 Å². The predicted molar refractivity (Wildman–Crippen MR) is 92.3 cm³/mol. The minimum absolute atomic E-state index is 0.104. The number of carbonyl (C=O) groups excluding carboxylic acids is 2. The molecule has 0 aromatic heterocycles. The van der Waals surface area contributed by atoms with Gasteiger partial charge in [0.2, 0.25) is 5.91 Å². The smallest absolute Gasteiger partial charge is 0.267 e. The third-order valence-electron chi connectivity index (χ3n) is 6.65. The molecule has 1 aromatic rings. The first-order valence-electron chi connectivity index (χ1n) is 8.73. The monoisotopic (exact) mass is 342 g/mol. The maximum atomic E-state index is 13.0. The minimum atomic E-state index is -0.701. The lowest BCUT2D eigenvalue weighted by atomic mass is 9.60. The third-order valence-corrected chi connectivity index (χ3v) is 7.00. The molecule has 0 aliphatic carbocycles. The Bertz CT molecular complexity index is 832. The Labute approximate surface area is 146 Å². The molecule has 4 aliphatic rings. The fourth-order valence-corrected chi connectivity index (χ4v) is 6.06. The second kappa shape index (κ2) is 4.42. The molecule has 5 heteroatoms. The summed E-state index contributed by atoms with van der Waals surface area (Å²) in [6, 6.07) is 7.90. The van der Waals surface area contributed by atoms with Gasteiger partial charge in [-0.3, -0.25) is 14.5 Å². The number of hydrogen-bond donors (Lipinski definition) is 0. The van der Waals surface area contributed by atoms with Gasteiger partial charge in [0.25, 0.3) is 5.91 Å². The number of para-hydroxylation sites is 1. The van der Waals surface area contributed by atoms with E-state index in [1.807, 2.05) is 34.1 Å². The van der Waals surface area contributed by atoms with Crippen LogP contribution in [0.25, 0.3) is 5.57 Å². The van der Waals surface area contributed by atoms with Crippen LogP contribution in [0, 0.1) is 5.41 Å². The third kappa shape index (κ3) is 1.28. The number of hydrogen-bond acceptors (Lipinski definition) is 2. The lowest BCUT2D eigenvalue weighted by Crippen LogP contribution is -2.73. The summed E-state index contributed by atoms with van der Waals surface area (Å²) < 4.78 is 0. The van der Waals surface area contributed by atoms with Crippen molar-refractivity contribution in [2.45, 2.75) is 44.7 Å². The van der Waals surface area contributed by atoms with Crippen molar-refractivity contribution in [2.75, 3.05) is 11.4 Å². The normalized spacial score (nSPS) is 33.8. The molecule has 4 nitrogen and oxygen atoms in total. The number of nitrogens with zero attached hydrogens (tertiary/aromatic N) is 2. The molecule has 2 fully saturated rings. The van der Waals surface area contributed by atoms with Crippen LogP contribution in [-0.4, -0.2) is 28.9 Å². The lowest BCUT2D eigenvalue weighted by Gasteiger charge is -2.61. The quantitative estimate of drug-likeness (QED) is 0.783. The van der Waals surface area contributed by atoms with Gasteiger partial charge in [-0.1, -0.05) is 36.7 Å². The standard InChI is InChI=1S/C19H19ClN2O2/c1-2-18-9-5-11-21-17(24)16(20)15-12-6-3-4-7-13(12)22(19(15,18)21)14(23)8-10-18/h3-4,6-7H,2,5,8-11H2,1H3/t18-,19+/m1/s1. The van der Waals surface area contributed by atoms with E-state index in [1.165, 1.54) is 0 Å². The highest BCUT2D eigenvalue weighted by Crippen LogP contribution is 2.68. The van der Waals surface area contributed by atoms with E-state index in [0.717, 1.165) is 42.5 Å². The van der Waals surface area contributed by atoms with Gasteiger partial charge in [-0.2, -0.15) is 0 Å². The van der Waals surface area contributed by atoms with E-state index in [1.54, 1.807) is 0 Å². The number of fused-ring (bicyclic) bond motifs is 3. The number of amides is 2. The van der Waals surface area contributed by atoms with E-state index < -0.39 is 5.66 Å². The molecule has 1 spiro atoms. The SMILES string of the molecule is CC[C@@]12CCCN3C(=O)C(Cl)=C4c5ccccc5N(C(=O)CC1)[C@]432. The van der Waals surface area contributed by atoms with E-state index in [-0.39, 0.29) is 17.2 Å². The van der Waals surface area contributed by atoms with Gasteiger partial charge in [0.15, 0.2) is 5.66 Å². The number of benzene rings is 1. The molecular weight excluding hydrogens is 324 g/mol. The summed E-state index contributed by atoms with van der Waals surface area (Å²) in [7, 11) is 0. The van der Waals surface area contributed by atoms with E-state index >= 15 is 0 Å². The van der Waals surface area contributed by atoms with E-state index in [4.69, 9.17) is 11.6 Å². The highest BCUT2D eigenvalue weighted by Gasteiger charge is 2.72. The van der Waals surface area contributed by atoms with Crippen molar-refractivity contribution in [3.8, 4) is 0 Å². The molecule has 0 N–H and O–H groups in total. The summed E-state index contributed by atoms with van der Waals surface area (Å²) in [5, 5.41) is 0.305. The Kier molecular flexibility index (Phi) is 2.68. The first-order valence-corrected chi connectivity index (χ1v) is 9.11. The van der Waals surface area contributed by atoms with Crippen molar-refractivity contribution in [3.63, 3.8) is 0 Å². The summed E-state index contributed by atoms with van der Waals surface area (Å²) >= 11 is 6.59. The molecule has 2 atom stereocenters. The fourth-order valence-electron chi connectivity index (χ4n) is 5.73. The molecule has 0 unspecified atom stereocenters. The zero-order valence-corrected chi connectivity index (χ0v) is 14.4. The number of carbonyl (C=O) groups is 2. The summed E-state index contributed by atoms with van der Waals surface area (Å²) in [6.45, 7) is 2.85. The van der Waals surface area contributed by atoms with Crippen molar-refractivity contribution in [1.29, 1.82) is 0 Å². The summed E-state index contributed by atoms with van der Waals surface area (Å²) in [4.78, 5) is 29.8. The topological polar surface area (TPSA) is 40.6 Å². The van der Waals surface area contributed by atoms with Crippen LogP contribution >= 0.6 is 11.6 Å². The van der Waals surface area contributed by atoms with Gasteiger partial charge in [0, 0.05) is 29.5 Å². The van der Waals surface area contributed by atoms with Crippen LogP contribution in [0.5, 0.6) is 0 Å². The molecule has 4 aliphatic heterocycles. The van der Waals surface area contributed by atoms with Crippen molar-refractivity contribution >= 4 is 34.7 Å². The molecule has 2 saturated heterocycles. The van der Waals surface area contributed by atoms with Gasteiger partial charge in [0.05, 0.1) is 5.69 Å². The molecule has 0 saturated carbocycles. The Morgan fingerprint density at radius 1 is 1.21 bits per heavy atom. The van der Waals surface area contributed by atoms with Crippen LogP contribution in [-0.2, 0) is 9.59 Å². The van der Waals surface area contributed by atoms with Crippen molar-refractivity contribution < 1.29 is 9.59 Å². The maximum Gasteiger partial charge on any atom is 0.267 e. The molecule has 0 radical (unpaired) electrons. The molecule has 0 bridgehead atoms. The van der Waals surface area contributed by atoms with Crippen LogP contribution in [0.1, 0.15) is 44.6 Å². The summed E-state index contributed by atoms with van der Waals surface area (Å²) in [5.74, 6) is -0.00835. The summed E-state index contributed by atoms with van der Waals surface area (Å²) in [6.07, 6.45) is 4.29. The lowest BCUT2D eigenvalue weighted by molar-refractivity contribution is -0.145. The first-order chi connectivity index (χ1) is 11.6. The van der Waals surface area contributed by atoms with Gasteiger partial charge in [-0.15, -0.1) is 0 Å². The summed E-state index contributed by atoms with van der Waals surface area (Å²) in [5.41, 5.74) is 1.92. The number of piperidine rings is 2. The Morgan fingerprint density at radius 2 is 2.00 bits per heavy atom. The van der Waals surface area contributed by atoms with Crippen LogP contribution in [0.15, 0.2) is 29.3 Å². The van der Waals surface area contributed by atoms with E-state index in [9.17, 15) is 9.59 Å². The molecule has 4 heterocycles. The fraction of sp³-hybridized carbons (Fsp3) is 0.474. The first kappa shape index (κ1) is 14.5. The van der Waals surface area contributed by atoms with Crippen molar-refractivity contribution in [1.82, 2.24) is 4.90 Å². The zero-order chi connectivity index (χ0) is 16.7. The minimum Gasteiger partial charge on any atom is -0.310 e. The van der Waals surface area contributed by atoms with Crippen LogP contribution < -0.4 is 4.90 Å². The van der Waals surface area contributed by atoms with Crippen LogP contribution in [0.4, 0.5) is 5.69 Å². The Morgan fingerprint density at radius 3 is 2.79 bits per heavy atom. The van der Waals surface area contributed by atoms with Crippen molar-refractivity contribution in [2.24, 2.45) is 5.41 Å². The van der Waals surface area contributed by atoms with Crippen LogP contribution in [0.2, 0.25) is 0 Å². The maximum absolute atomic E-state index is 13.0. The van der Waals surface area contributed by atoms with Gasteiger partial charge < -0.3 is 4.90 Å². The molecule has 24 heavy (non-hydrogen) atoms. The second-order valence-corrected chi connectivity index (χ2v) is 7.68. The number of anilines is 1. The average molecular weight is 343 g/mol. The molecule has 5 rings (SSSR count). The van der Waals surface area contributed by atoms with Gasteiger partial charge >= 0.3 is 0 Å². The second-order valence-electron chi connectivity index (χ2n) is 7.30. The molecule has 1 aromatic carbocycles. The number of halogens is 1. The number of rotatable bonds is 1. The van der Waals surface area contributed by atoms with Gasteiger partial charge in [0.1, 0.15) is 5.03 Å². The van der Waals surface area contributed by atoms with E-state index in [0.29, 0.717) is 18.0 Å². The highest BCUT2D eigenvalue weighted by atomic mass is 35.5. The van der Waals surface area contributed by atoms with Gasteiger partial charge in [-0.05, 0) is 31.7 Å². The largest absolute Gasteiger partial charge is 0.310 e. The molecular formula is C19H19ClN2O2. The zero-order valence-electron chi connectivity index (χ0n) is 13.6. The predicted octanol–water partition coefficient (Wildman–Crippen LogP) is 3.51. The Hall–Kier alpha value is -1.81. The molecule has 2 amide bonds. The average Bonchev–Trinajstić information content (AvgIpc) is 3.03.